The summed E-state index contributed by atoms with van der Waals surface area (Å²) >= 11 is 0. The van der Waals surface area contributed by atoms with Crippen molar-refractivity contribution in [2.24, 2.45) is 0 Å². The molecule has 0 heterocycles. The van der Waals surface area contributed by atoms with Crippen LogP contribution in [0.25, 0.3) is 0 Å². The van der Waals surface area contributed by atoms with Gasteiger partial charge in [0.2, 0.25) is 0 Å². The van der Waals surface area contributed by atoms with Crippen molar-refractivity contribution in [3.8, 4) is 0 Å². The number of unbranched alkanes of at least 4 members (excludes halogenated alkanes) is 13. The Morgan fingerprint density at radius 2 is 1.00 bits per heavy atom. The van der Waals surface area contributed by atoms with Crippen LogP contribution in [0.5, 0.6) is 0 Å². The average Bonchev–Trinajstić information content (AvgIpc) is 2.68. The summed E-state index contributed by atoms with van der Waals surface area (Å²) in [4.78, 5) is 0. The molecule has 1 heteroatoms. The molecule has 0 aliphatic carbocycles. The van der Waals surface area contributed by atoms with Gasteiger partial charge in [-0.1, -0.05) is 121 Å². The van der Waals surface area contributed by atoms with Crippen molar-refractivity contribution in [1.29, 1.82) is 0 Å². The third kappa shape index (κ3) is 15.4. The molecule has 0 aromatic heterocycles. The molecule has 0 N–H and O–H groups in total. The zero-order valence-electron chi connectivity index (χ0n) is 17.5. The highest BCUT2D eigenvalue weighted by Crippen LogP contribution is 2.13. The summed E-state index contributed by atoms with van der Waals surface area (Å²) in [5.74, 6) is 0. The minimum absolute atomic E-state index is 0.910. The molecule has 1 rings (SSSR count). The summed E-state index contributed by atoms with van der Waals surface area (Å²) in [6.07, 6.45) is 22.1. The zero-order chi connectivity index (χ0) is 18.5. The monoisotopic (exact) mass is 360 g/mol. The minimum Gasteiger partial charge on any atom is -0.381 e. The summed E-state index contributed by atoms with van der Waals surface area (Å²) in [5.41, 5.74) is 1.42. The number of ether oxygens (including phenoxy) is 1. The lowest BCUT2D eigenvalue weighted by Crippen LogP contribution is -1.98. The normalized spacial score (nSPS) is 11.1. The number of hydrogen-bond donors (Lipinski definition) is 0. The number of hydrogen-bond acceptors (Lipinski definition) is 1. The molecule has 0 bridgehead atoms. The Hall–Kier alpha value is -0.820. The molecule has 0 aliphatic rings. The summed E-state index contributed by atoms with van der Waals surface area (Å²) in [7, 11) is 0. The average molecular weight is 361 g/mol. The van der Waals surface area contributed by atoms with Gasteiger partial charge in [0.1, 0.15) is 0 Å². The molecule has 1 aromatic carbocycles. The van der Waals surface area contributed by atoms with Crippen molar-refractivity contribution < 1.29 is 4.74 Å². The largest absolute Gasteiger partial charge is 0.381 e. The highest BCUT2D eigenvalue weighted by molar-refractivity contribution is 5.14. The highest BCUT2D eigenvalue weighted by Gasteiger charge is 1.95. The Morgan fingerprint density at radius 3 is 1.54 bits per heavy atom. The first kappa shape index (κ1) is 23.2. The second-order valence-electron chi connectivity index (χ2n) is 7.80. The summed E-state index contributed by atoms with van der Waals surface area (Å²) in [6, 6.07) is 10.7. The van der Waals surface area contributed by atoms with E-state index in [2.05, 4.69) is 37.3 Å². The lowest BCUT2D eigenvalue weighted by molar-refractivity contribution is 0.127. The van der Waals surface area contributed by atoms with Gasteiger partial charge in [0.05, 0.1) is 0 Å². The lowest BCUT2D eigenvalue weighted by atomic mass is 10.0. The molecule has 0 saturated heterocycles. The van der Waals surface area contributed by atoms with Gasteiger partial charge in [-0.25, -0.2) is 0 Å². The van der Waals surface area contributed by atoms with Crippen LogP contribution in [0.1, 0.15) is 109 Å². The van der Waals surface area contributed by atoms with E-state index in [1.807, 2.05) is 0 Å². The van der Waals surface area contributed by atoms with Crippen molar-refractivity contribution in [2.75, 3.05) is 13.2 Å². The first-order chi connectivity index (χ1) is 12.9. The van der Waals surface area contributed by atoms with Crippen LogP contribution < -0.4 is 0 Å². The molecule has 0 radical (unpaired) electrons. The second kappa shape index (κ2) is 19.0. The van der Waals surface area contributed by atoms with Crippen molar-refractivity contribution in [1.82, 2.24) is 0 Å². The molecule has 0 aliphatic heterocycles. The maximum atomic E-state index is 5.76. The third-order valence-electron chi connectivity index (χ3n) is 5.24. The number of benzene rings is 1. The first-order valence-corrected chi connectivity index (χ1v) is 11.5. The lowest BCUT2D eigenvalue weighted by Gasteiger charge is -2.05. The summed E-state index contributed by atoms with van der Waals surface area (Å²) in [5, 5.41) is 0. The quantitative estimate of drug-likeness (QED) is 0.226. The van der Waals surface area contributed by atoms with Gasteiger partial charge in [-0.15, -0.1) is 0 Å². The maximum Gasteiger partial charge on any atom is 0.0469 e. The Morgan fingerprint density at radius 1 is 0.538 bits per heavy atom. The van der Waals surface area contributed by atoms with Gasteiger partial charge in [-0.3, -0.25) is 0 Å². The van der Waals surface area contributed by atoms with Crippen LogP contribution in [-0.4, -0.2) is 13.2 Å². The SMILES string of the molecule is CCCCCCCCCCCCCCCCOCCCc1ccccc1. The molecule has 150 valence electrons. The van der Waals surface area contributed by atoms with E-state index < -0.39 is 0 Å². The van der Waals surface area contributed by atoms with E-state index in [1.54, 1.807) is 0 Å². The molecule has 0 unspecified atom stereocenters. The van der Waals surface area contributed by atoms with Crippen LogP contribution in [-0.2, 0) is 11.2 Å². The molecule has 0 fully saturated rings. The van der Waals surface area contributed by atoms with Gasteiger partial charge >= 0.3 is 0 Å². The van der Waals surface area contributed by atoms with Gasteiger partial charge in [-0.2, -0.15) is 0 Å². The molecular formula is C25H44O. The number of rotatable bonds is 19. The van der Waals surface area contributed by atoms with Gasteiger partial charge in [0.15, 0.2) is 0 Å². The fourth-order valence-corrected chi connectivity index (χ4v) is 3.52. The molecule has 1 aromatic rings. The Balaban J connectivity index is 1.68. The standard InChI is InChI=1S/C25H44O/c1-2-3-4-5-6-7-8-9-10-11-12-13-14-18-23-26-24-19-22-25-20-16-15-17-21-25/h15-17,20-21H,2-14,18-19,22-24H2,1H3. The predicted octanol–water partition coefficient (Wildman–Crippen LogP) is 8.12. The topological polar surface area (TPSA) is 9.23 Å². The van der Waals surface area contributed by atoms with Gasteiger partial charge in [0.25, 0.3) is 0 Å². The first-order valence-electron chi connectivity index (χ1n) is 11.5. The molecule has 0 amide bonds. The second-order valence-corrected chi connectivity index (χ2v) is 7.80. The van der Waals surface area contributed by atoms with Crippen molar-refractivity contribution in [2.45, 2.75) is 110 Å². The van der Waals surface area contributed by atoms with Crippen LogP contribution in [0.3, 0.4) is 0 Å². The highest BCUT2D eigenvalue weighted by atomic mass is 16.5. The minimum atomic E-state index is 0.910. The van der Waals surface area contributed by atoms with E-state index in [1.165, 1.54) is 95.5 Å². The van der Waals surface area contributed by atoms with Crippen LogP contribution >= 0.6 is 0 Å². The van der Waals surface area contributed by atoms with E-state index in [0.29, 0.717) is 0 Å². The van der Waals surface area contributed by atoms with E-state index in [0.717, 1.165) is 26.1 Å². The van der Waals surface area contributed by atoms with Crippen molar-refractivity contribution in [3.05, 3.63) is 35.9 Å². The van der Waals surface area contributed by atoms with Gasteiger partial charge in [-0.05, 0) is 24.8 Å². The molecular weight excluding hydrogens is 316 g/mol. The van der Waals surface area contributed by atoms with E-state index >= 15 is 0 Å². The summed E-state index contributed by atoms with van der Waals surface area (Å²) in [6.45, 7) is 4.15. The van der Waals surface area contributed by atoms with E-state index in [4.69, 9.17) is 4.74 Å². The van der Waals surface area contributed by atoms with Crippen molar-refractivity contribution >= 4 is 0 Å². The molecule has 0 atom stereocenters. The molecule has 26 heavy (non-hydrogen) atoms. The maximum absolute atomic E-state index is 5.76. The molecule has 0 saturated carbocycles. The zero-order valence-corrected chi connectivity index (χ0v) is 17.5. The summed E-state index contributed by atoms with van der Waals surface area (Å²) < 4.78 is 5.76. The van der Waals surface area contributed by atoms with Crippen LogP contribution in [0.4, 0.5) is 0 Å². The molecule has 1 nitrogen and oxygen atoms in total. The van der Waals surface area contributed by atoms with Gasteiger partial charge < -0.3 is 4.74 Å². The fourth-order valence-electron chi connectivity index (χ4n) is 3.52. The molecule has 0 spiro atoms. The predicted molar refractivity (Wildman–Crippen MR) is 116 cm³/mol. The Labute approximate surface area is 163 Å². The van der Waals surface area contributed by atoms with E-state index in [-0.39, 0.29) is 0 Å². The Bertz CT molecular complexity index is 373. The van der Waals surface area contributed by atoms with Crippen LogP contribution in [0.15, 0.2) is 30.3 Å². The Kier molecular flexibility index (Phi) is 16.9. The van der Waals surface area contributed by atoms with E-state index in [9.17, 15) is 0 Å². The van der Waals surface area contributed by atoms with Crippen molar-refractivity contribution in [3.63, 3.8) is 0 Å². The van der Waals surface area contributed by atoms with Gasteiger partial charge in [0, 0.05) is 13.2 Å². The fraction of sp³-hybridized carbons (Fsp3) is 0.760. The number of aryl methyl sites for hydroxylation is 1. The smallest absolute Gasteiger partial charge is 0.0469 e. The third-order valence-corrected chi connectivity index (χ3v) is 5.24. The van der Waals surface area contributed by atoms with Crippen LogP contribution in [0, 0.1) is 0 Å². The van der Waals surface area contributed by atoms with Crippen LogP contribution in [0.2, 0.25) is 0 Å².